The van der Waals surface area contributed by atoms with E-state index < -0.39 is 0 Å². The molecule has 0 aromatic heterocycles. The Hall–Kier alpha value is -0.900. The summed E-state index contributed by atoms with van der Waals surface area (Å²) in [6.07, 6.45) is 0.840. The maximum absolute atomic E-state index is 9.38. The number of hydrogen-bond donors (Lipinski definition) is 1. The highest BCUT2D eigenvalue weighted by Gasteiger charge is 2.24. The first-order valence-electron chi connectivity index (χ1n) is 7.18. The van der Waals surface area contributed by atoms with Gasteiger partial charge in [-0.1, -0.05) is 43.3 Å². The quantitative estimate of drug-likeness (QED) is 0.695. The van der Waals surface area contributed by atoms with E-state index >= 15 is 0 Å². The summed E-state index contributed by atoms with van der Waals surface area (Å²) < 4.78 is 0. The van der Waals surface area contributed by atoms with E-state index in [2.05, 4.69) is 55.5 Å². The molecule has 3 heteroatoms. The van der Waals surface area contributed by atoms with Crippen LogP contribution in [-0.2, 0) is 0 Å². The number of aliphatic hydroxyl groups excluding tert-OH is 1. The van der Waals surface area contributed by atoms with Crippen LogP contribution in [0.15, 0.2) is 70.5 Å². The smallest absolute Gasteiger partial charge is 0.0436 e. The van der Waals surface area contributed by atoms with Crippen molar-refractivity contribution in [1.82, 2.24) is 0 Å². The molecule has 1 nitrogen and oxygen atoms in total. The second-order valence-electron chi connectivity index (χ2n) is 5.49. The van der Waals surface area contributed by atoms with Crippen LogP contribution in [0.2, 0.25) is 0 Å². The van der Waals surface area contributed by atoms with Gasteiger partial charge >= 0.3 is 0 Å². The molecule has 0 bridgehead atoms. The molecule has 2 aromatic carbocycles. The molecule has 0 spiro atoms. The zero-order valence-corrected chi connectivity index (χ0v) is 14.0. The predicted molar refractivity (Wildman–Crippen MR) is 94.1 cm³/mol. The predicted octanol–water partition coefficient (Wildman–Crippen LogP) is 4.96. The van der Waals surface area contributed by atoms with E-state index in [-0.39, 0.29) is 12.0 Å². The van der Waals surface area contributed by atoms with Crippen LogP contribution in [0.4, 0.5) is 0 Å². The van der Waals surface area contributed by atoms with Crippen molar-refractivity contribution in [2.24, 2.45) is 5.41 Å². The average molecular weight is 319 g/mol. The summed E-state index contributed by atoms with van der Waals surface area (Å²) in [7, 11) is 0. The standard InChI is InChI=1S/C18H22OS2/c1-18(12-13-19,14-20-16-8-4-2-5-9-16)15-21-17-10-6-3-7-11-17/h2-11,19H,12-15H2,1H3. The first kappa shape index (κ1) is 16.5. The lowest BCUT2D eigenvalue weighted by Crippen LogP contribution is -2.24. The van der Waals surface area contributed by atoms with Crippen LogP contribution in [0, 0.1) is 5.41 Å². The zero-order valence-electron chi connectivity index (χ0n) is 12.4. The number of aliphatic hydroxyl groups is 1. The van der Waals surface area contributed by atoms with Crippen molar-refractivity contribution >= 4 is 23.5 Å². The van der Waals surface area contributed by atoms with E-state index in [4.69, 9.17) is 0 Å². The SMILES string of the molecule is CC(CCO)(CSc1ccccc1)CSc1ccccc1. The van der Waals surface area contributed by atoms with Gasteiger partial charge in [-0.15, -0.1) is 23.5 Å². The molecule has 0 radical (unpaired) electrons. The van der Waals surface area contributed by atoms with Gasteiger partial charge in [0.05, 0.1) is 0 Å². The summed E-state index contributed by atoms with van der Waals surface area (Å²) in [4.78, 5) is 2.60. The Bertz CT molecular complexity index is 470. The van der Waals surface area contributed by atoms with Crippen molar-refractivity contribution in [1.29, 1.82) is 0 Å². The highest BCUT2D eigenvalue weighted by Crippen LogP contribution is 2.35. The summed E-state index contributed by atoms with van der Waals surface area (Å²) in [5.41, 5.74) is 0.135. The minimum Gasteiger partial charge on any atom is -0.396 e. The Morgan fingerprint density at radius 1 is 0.810 bits per heavy atom. The Balaban J connectivity index is 1.92. The normalized spacial score (nSPS) is 11.5. The Kier molecular flexibility index (Phi) is 6.68. The molecule has 0 amide bonds. The summed E-state index contributed by atoms with van der Waals surface area (Å²) >= 11 is 3.76. The third-order valence-corrected chi connectivity index (χ3v) is 6.27. The molecular weight excluding hydrogens is 296 g/mol. The van der Waals surface area contributed by atoms with Crippen molar-refractivity contribution in [3.63, 3.8) is 0 Å². The van der Waals surface area contributed by atoms with Gasteiger partial charge < -0.3 is 5.11 Å². The number of rotatable bonds is 8. The summed E-state index contributed by atoms with van der Waals surface area (Å²) in [5, 5.41) is 9.38. The molecule has 2 aromatic rings. The van der Waals surface area contributed by atoms with Crippen molar-refractivity contribution in [2.75, 3.05) is 18.1 Å². The Labute approximate surface area is 136 Å². The van der Waals surface area contributed by atoms with E-state index in [1.807, 2.05) is 35.7 Å². The molecule has 0 saturated heterocycles. The maximum Gasteiger partial charge on any atom is 0.0436 e. The van der Waals surface area contributed by atoms with E-state index in [0.29, 0.717) is 0 Å². The van der Waals surface area contributed by atoms with Gasteiger partial charge in [0.1, 0.15) is 0 Å². The zero-order chi connectivity index (χ0) is 15.0. The molecule has 112 valence electrons. The van der Waals surface area contributed by atoms with E-state index in [1.54, 1.807) is 0 Å². The molecule has 0 heterocycles. The van der Waals surface area contributed by atoms with Crippen molar-refractivity contribution < 1.29 is 5.11 Å². The maximum atomic E-state index is 9.38. The van der Waals surface area contributed by atoms with Crippen LogP contribution < -0.4 is 0 Å². The van der Waals surface area contributed by atoms with Crippen LogP contribution in [0.5, 0.6) is 0 Å². The molecule has 21 heavy (non-hydrogen) atoms. The summed E-state index contributed by atoms with van der Waals surface area (Å²) in [5.74, 6) is 2.05. The molecule has 0 aliphatic heterocycles. The lowest BCUT2D eigenvalue weighted by atomic mass is 9.92. The molecule has 0 saturated carbocycles. The van der Waals surface area contributed by atoms with Crippen LogP contribution >= 0.6 is 23.5 Å². The first-order chi connectivity index (χ1) is 10.2. The summed E-state index contributed by atoms with van der Waals surface area (Å²) in [6.45, 7) is 2.52. The second-order valence-corrected chi connectivity index (χ2v) is 7.59. The molecule has 0 aliphatic rings. The van der Waals surface area contributed by atoms with Gasteiger partial charge in [-0.3, -0.25) is 0 Å². The molecule has 0 fully saturated rings. The lowest BCUT2D eigenvalue weighted by Gasteiger charge is -2.28. The fourth-order valence-electron chi connectivity index (χ4n) is 2.00. The molecule has 0 atom stereocenters. The fourth-order valence-corrected chi connectivity index (χ4v) is 4.36. The van der Waals surface area contributed by atoms with Gasteiger partial charge in [-0.2, -0.15) is 0 Å². The van der Waals surface area contributed by atoms with Crippen LogP contribution in [0.1, 0.15) is 13.3 Å². The topological polar surface area (TPSA) is 20.2 Å². The van der Waals surface area contributed by atoms with Crippen molar-refractivity contribution in [3.05, 3.63) is 60.7 Å². The highest BCUT2D eigenvalue weighted by atomic mass is 32.2. The number of thioether (sulfide) groups is 2. The van der Waals surface area contributed by atoms with E-state index in [0.717, 1.165) is 17.9 Å². The van der Waals surface area contributed by atoms with E-state index in [9.17, 15) is 5.11 Å². The number of hydrogen-bond acceptors (Lipinski definition) is 3. The van der Waals surface area contributed by atoms with E-state index in [1.165, 1.54) is 9.79 Å². The minimum atomic E-state index is 0.135. The third-order valence-electron chi connectivity index (χ3n) is 3.38. The summed E-state index contributed by atoms with van der Waals surface area (Å²) in [6, 6.07) is 21.0. The van der Waals surface area contributed by atoms with Gasteiger partial charge in [0.15, 0.2) is 0 Å². The highest BCUT2D eigenvalue weighted by molar-refractivity contribution is 8.00. The molecular formula is C18H22OS2. The van der Waals surface area contributed by atoms with Gasteiger partial charge in [0, 0.05) is 27.9 Å². The first-order valence-corrected chi connectivity index (χ1v) is 9.16. The van der Waals surface area contributed by atoms with Crippen LogP contribution in [0.3, 0.4) is 0 Å². The van der Waals surface area contributed by atoms with Crippen molar-refractivity contribution in [2.45, 2.75) is 23.1 Å². The van der Waals surface area contributed by atoms with Gasteiger partial charge in [0.2, 0.25) is 0 Å². The average Bonchev–Trinajstić information content (AvgIpc) is 2.54. The van der Waals surface area contributed by atoms with Crippen LogP contribution in [-0.4, -0.2) is 23.2 Å². The van der Waals surface area contributed by atoms with Gasteiger partial charge in [0.25, 0.3) is 0 Å². The Morgan fingerprint density at radius 3 is 1.62 bits per heavy atom. The fraction of sp³-hybridized carbons (Fsp3) is 0.333. The van der Waals surface area contributed by atoms with Gasteiger partial charge in [-0.25, -0.2) is 0 Å². The van der Waals surface area contributed by atoms with Gasteiger partial charge in [-0.05, 0) is 36.1 Å². The molecule has 2 rings (SSSR count). The second kappa shape index (κ2) is 8.52. The Morgan fingerprint density at radius 2 is 1.24 bits per heavy atom. The van der Waals surface area contributed by atoms with Crippen molar-refractivity contribution in [3.8, 4) is 0 Å². The largest absolute Gasteiger partial charge is 0.396 e. The number of benzene rings is 2. The van der Waals surface area contributed by atoms with Crippen LogP contribution in [0.25, 0.3) is 0 Å². The molecule has 0 unspecified atom stereocenters. The molecule has 1 N–H and O–H groups in total. The minimum absolute atomic E-state index is 0.135. The molecule has 0 aliphatic carbocycles. The monoisotopic (exact) mass is 318 g/mol. The third kappa shape index (κ3) is 5.77. The lowest BCUT2D eigenvalue weighted by molar-refractivity contribution is 0.231.